The number of benzene rings is 7. The van der Waals surface area contributed by atoms with Crippen molar-refractivity contribution >= 4 is 32.6 Å². The summed E-state index contributed by atoms with van der Waals surface area (Å²) in [4.78, 5) is 19.7. The molecule has 0 aliphatic rings. The van der Waals surface area contributed by atoms with Crippen LogP contribution >= 0.6 is 0 Å². The number of hydrogen-bond acceptors (Lipinski definition) is 5. The number of aromatic nitrogens is 4. The van der Waals surface area contributed by atoms with E-state index in [0.29, 0.717) is 23.4 Å². The zero-order chi connectivity index (χ0) is 31.2. The average molecular weight is 603 g/mol. The summed E-state index contributed by atoms with van der Waals surface area (Å²) >= 11 is 0. The van der Waals surface area contributed by atoms with Gasteiger partial charge in [0.05, 0.1) is 0 Å². The van der Waals surface area contributed by atoms with Crippen LogP contribution in [0.15, 0.2) is 162 Å². The second kappa shape index (κ2) is 11.2. The Morgan fingerprint density at radius 3 is 1.68 bits per heavy atom. The third-order valence-corrected chi connectivity index (χ3v) is 8.52. The standard InChI is InChI=1S/C42H26N4O/c1-3-11-29(12-4-1)39-44-40(46-41(45-39)35-21-18-27-10-7-8-15-31(27)24-35)34-17-9-16-32(25-34)33-20-19-28-22-23-37-38(36(28)26-33)47-42(43-37)30-13-5-2-6-14-30/h1-26H. The molecule has 9 aromatic rings. The van der Waals surface area contributed by atoms with Crippen LogP contribution in [0.25, 0.3) is 89.4 Å². The molecule has 5 nitrogen and oxygen atoms in total. The fourth-order valence-electron chi connectivity index (χ4n) is 6.11. The van der Waals surface area contributed by atoms with Crippen LogP contribution in [0.1, 0.15) is 0 Å². The van der Waals surface area contributed by atoms with E-state index < -0.39 is 0 Å². The Morgan fingerprint density at radius 2 is 0.894 bits per heavy atom. The van der Waals surface area contributed by atoms with Crippen LogP contribution in [-0.2, 0) is 0 Å². The van der Waals surface area contributed by atoms with Crippen LogP contribution < -0.4 is 0 Å². The fourth-order valence-corrected chi connectivity index (χ4v) is 6.11. The maximum atomic E-state index is 6.35. The first kappa shape index (κ1) is 26.9. The third kappa shape index (κ3) is 5.00. The van der Waals surface area contributed by atoms with E-state index in [9.17, 15) is 0 Å². The maximum absolute atomic E-state index is 6.35. The minimum Gasteiger partial charge on any atom is -0.435 e. The van der Waals surface area contributed by atoms with Gasteiger partial charge in [-0.05, 0) is 63.7 Å². The topological polar surface area (TPSA) is 64.7 Å². The van der Waals surface area contributed by atoms with Gasteiger partial charge in [0.25, 0.3) is 0 Å². The Bertz CT molecular complexity index is 2580. The molecule has 2 aromatic heterocycles. The summed E-state index contributed by atoms with van der Waals surface area (Å²) in [6, 6.07) is 53.7. The van der Waals surface area contributed by atoms with Gasteiger partial charge in [0.2, 0.25) is 5.89 Å². The summed E-state index contributed by atoms with van der Waals surface area (Å²) in [6.07, 6.45) is 0. The molecule has 0 atom stereocenters. The Labute approximate surface area is 270 Å². The molecule has 47 heavy (non-hydrogen) atoms. The van der Waals surface area contributed by atoms with E-state index in [0.717, 1.165) is 60.6 Å². The molecule has 0 bridgehead atoms. The van der Waals surface area contributed by atoms with E-state index in [1.165, 1.54) is 5.39 Å². The number of hydrogen-bond donors (Lipinski definition) is 0. The molecular weight excluding hydrogens is 576 g/mol. The lowest BCUT2D eigenvalue weighted by molar-refractivity contribution is 0.623. The summed E-state index contributed by atoms with van der Waals surface area (Å²) in [5.74, 6) is 2.51. The van der Waals surface area contributed by atoms with Crippen molar-refractivity contribution in [2.45, 2.75) is 0 Å². The van der Waals surface area contributed by atoms with Crippen molar-refractivity contribution in [2.75, 3.05) is 0 Å². The predicted octanol–water partition coefficient (Wildman–Crippen LogP) is 10.7. The highest BCUT2D eigenvalue weighted by molar-refractivity contribution is 6.05. The van der Waals surface area contributed by atoms with Gasteiger partial charge in [-0.3, -0.25) is 0 Å². The monoisotopic (exact) mass is 602 g/mol. The summed E-state index contributed by atoms with van der Waals surface area (Å²) in [7, 11) is 0. The van der Waals surface area contributed by atoms with Crippen molar-refractivity contribution in [1.29, 1.82) is 0 Å². The van der Waals surface area contributed by atoms with Crippen molar-refractivity contribution < 1.29 is 4.42 Å². The Balaban J connectivity index is 1.16. The first-order valence-electron chi connectivity index (χ1n) is 15.6. The van der Waals surface area contributed by atoms with Gasteiger partial charge in [-0.25, -0.2) is 19.9 Å². The Morgan fingerprint density at radius 1 is 0.340 bits per heavy atom. The molecule has 0 aliphatic carbocycles. The van der Waals surface area contributed by atoms with Gasteiger partial charge in [-0.15, -0.1) is 0 Å². The maximum Gasteiger partial charge on any atom is 0.227 e. The highest BCUT2D eigenvalue weighted by Gasteiger charge is 2.15. The zero-order valence-corrected chi connectivity index (χ0v) is 25.2. The smallest absolute Gasteiger partial charge is 0.227 e. The molecule has 220 valence electrons. The van der Waals surface area contributed by atoms with Crippen LogP contribution in [0.5, 0.6) is 0 Å². The summed E-state index contributed by atoms with van der Waals surface area (Å²) in [5.41, 5.74) is 7.49. The molecule has 0 radical (unpaired) electrons. The lowest BCUT2D eigenvalue weighted by Gasteiger charge is -2.10. The first-order chi connectivity index (χ1) is 23.2. The van der Waals surface area contributed by atoms with Gasteiger partial charge >= 0.3 is 0 Å². The van der Waals surface area contributed by atoms with E-state index >= 15 is 0 Å². The molecule has 0 amide bonds. The normalized spacial score (nSPS) is 11.4. The van der Waals surface area contributed by atoms with Crippen LogP contribution in [0.3, 0.4) is 0 Å². The molecule has 0 aliphatic heterocycles. The zero-order valence-electron chi connectivity index (χ0n) is 25.2. The second-order valence-electron chi connectivity index (χ2n) is 11.5. The molecule has 7 aromatic carbocycles. The first-order valence-corrected chi connectivity index (χ1v) is 15.6. The molecular formula is C42H26N4O. The lowest BCUT2D eigenvalue weighted by Crippen LogP contribution is -2.00. The SMILES string of the molecule is c1ccc(-c2nc(-c3cccc(-c4ccc5ccc6nc(-c7ccccc7)oc6c5c4)c3)nc(-c3ccc4ccccc4c3)n2)cc1. The van der Waals surface area contributed by atoms with Crippen LogP contribution in [0.4, 0.5) is 0 Å². The van der Waals surface area contributed by atoms with Gasteiger partial charge in [0.15, 0.2) is 23.1 Å². The number of rotatable bonds is 5. The molecule has 0 saturated carbocycles. The largest absolute Gasteiger partial charge is 0.435 e. The van der Waals surface area contributed by atoms with Gasteiger partial charge in [0, 0.05) is 27.6 Å². The summed E-state index contributed by atoms with van der Waals surface area (Å²) < 4.78 is 6.35. The summed E-state index contributed by atoms with van der Waals surface area (Å²) in [6.45, 7) is 0. The number of nitrogens with zero attached hydrogens (tertiary/aromatic N) is 4. The summed E-state index contributed by atoms with van der Waals surface area (Å²) in [5, 5.41) is 4.43. The van der Waals surface area contributed by atoms with E-state index in [1.54, 1.807) is 0 Å². The lowest BCUT2D eigenvalue weighted by atomic mass is 9.99. The predicted molar refractivity (Wildman–Crippen MR) is 190 cm³/mol. The van der Waals surface area contributed by atoms with Crippen molar-refractivity contribution in [3.8, 4) is 56.7 Å². The van der Waals surface area contributed by atoms with E-state index in [-0.39, 0.29) is 0 Å². The molecule has 0 N–H and O–H groups in total. The van der Waals surface area contributed by atoms with E-state index in [4.69, 9.17) is 24.4 Å². The van der Waals surface area contributed by atoms with Gasteiger partial charge in [-0.2, -0.15) is 0 Å². The highest BCUT2D eigenvalue weighted by Crippen LogP contribution is 2.34. The Kier molecular flexibility index (Phi) is 6.39. The number of fused-ring (bicyclic) bond motifs is 4. The molecule has 0 spiro atoms. The fraction of sp³-hybridized carbons (Fsp3) is 0. The quantitative estimate of drug-likeness (QED) is 0.196. The van der Waals surface area contributed by atoms with E-state index in [2.05, 4.69) is 84.9 Å². The Hall–Kier alpha value is -6.46. The van der Waals surface area contributed by atoms with E-state index in [1.807, 2.05) is 72.8 Å². The second-order valence-corrected chi connectivity index (χ2v) is 11.5. The average Bonchev–Trinajstić information content (AvgIpc) is 3.60. The van der Waals surface area contributed by atoms with Crippen LogP contribution in [-0.4, -0.2) is 19.9 Å². The van der Waals surface area contributed by atoms with Crippen molar-refractivity contribution in [1.82, 2.24) is 19.9 Å². The van der Waals surface area contributed by atoms with Crippen molar-refractivity contribution in [3.63, 3.8) is 0 Å². The molecule has 0 unspecified atom stereocenters. The third-order valence-electron chi connectivity index (χ3n) is 8.52. The van der Waals surface area contributed by atoms with Crippen molar-refractivity contribution in [2.24, 2.45) is 0 Å². The van der Waals surface area contributed by atoms with Crippen LogP contribution in [0, 0.1) is 0 Å². The molecule has 9 rings (SSSR count). The number of oxazole rings is 1. The molecule has 0 saturated heterocycles. The molecule has 0 fully saturated rings. The van der Waals surface area contributed by atoms with Gasteiger partial charge in [-0.1, -0.05) is 121 Å². The minimum atomic E-state index is 0.617. The van der Waals surface area contributed by atoms with Crippen molar-refractivity contribution in [3.05, 3.63) is 158 Å². The van der Waals surface area contributed by atoms with Gasteiger partial charge < -0.3 is 4.42 Å². The molecule has 5 heteroatoms. The van der Waals surface area contributed by atoms with Gasteiger partial charge in [0.1, 0.15) is 5.52 Å². The minimum absolute atomic E-state index is 0.617. The van der Waals surface area contributed by atoms with Crippen LogP contribution in [0.2, 0.25) is 0 Å². The highest BCUT2D eigenvalue weighted by atomic mass is 16.3. The molecule has 2 heterocycles.